The number of amides is 1. The maximum atomic E-state index is 12.3. The molecule has 0 aliphatic rings. The molecule has 0 radical (unpaired) electrons. The molecule has 0 bridgehead atoms. The van der Waals surface area contributed by atoms with Gasteiger partial charge in [0, 0.05) is 30.2 Å². The van der Waals surface area contributed by atoms with E-state index in [1.54, 1.807) is 0 Å². The van der Waals surface area contributed by atoms with Gasteiger partial charge in [0.15, 0.2) is 0 Å². The van der Waals surface area contributed by atoms with Gasteiger partial charge in [-0.05, 0) is 24.5 Å². The number of rotatable bonds is 8. The number of anilines is 1. The zero-order chi connectivity index (χ0) is 17.5. The molecule has 5 nitrogen and oxygen atoms in total. The summed E-state index contributed by atoms with van der Waals surface area (Å²) >= 11 is 0. The molecule has 0 spiro atoms. The smallest absolute Gasteiger partial charge is 0.241 e. The van der Waals surface area contributed by atoms with E-state index in [9.17, 15) is 4.79 Å². The second kappa shape index (κ2) is 8.64. The first-order valence-electron chi connectivity index (χ1n) is 8.74. The Bertz CT molecular complexity index is 665. The van der Waals surface area contributed by atoms with E-state index in [0.717, 1.165) is 42.9 Å². The van der Waals surface area contributed by atoms with Crippen molar-refractivity contribution in [2.24, 2.45) is 11.7 Å². The molecule has 1 aromatic carbocycles. The van der Waals surface area contributed by atoms with E-state index in [1.807, 2.05) is 50.5 Å². The summed E-state index contributed by atoms with van der Waals surface area (Å²) in [6, 6.07) is 7.27. The van der Waals surface area contributed by atoms with Crippen LogP contribution in [0.25, 0.3) is 11.4 Å². The first-order valence-corrected chi connectivity index (χ1v) is 8.74. The Morgan fingerprint density at radius 2 is 2.17 bits per heavy atom. The number of hydrogen-bond acceptors (Lipinski definition) is 3. The molecule has 2 atom stereocenters. The predicted molar refractivity (Wildman–Crippen MR) is 98.6 cm³/mol. The van der Waals surface area contributed by atoms with Crippen LogP contribution in [0.15, 0.2) is 36.7 Å². The Morgan fingerprint density at radius 3 is 2.88 bits per heavy atom. The normalized spacial score (nSPS) is 13.5. The lowest BCUT2D eigenvalue weighted by Crippen LogP contribution is -2.40. The van der Waals surface area contributed by atoms with Crippen molar-refractivity contribution in [2.45, 2.75) is 52.6 Å². The fourth-order valence-electron chi connectivity index (χ4n) is 2.55. The van der Waals surface area contributed by atoms with Crippen LogP contribution in [-0.2, 0) is 11.3 Å². The van der Waals surface area contributed by atoms with Gasteiger partial charge in [-0.3, -0.25) is 4.79 Å². The second-order valence-electron chi connectivity index (χ2n) is 6.28. The zero-order valence-corrected chi connectivity index (χ0v) is 14.8. The maximum absolute atomic E-state index is 12.3. The van der Waals surface area contributed by atoms with E-state index in [-0.39, 0.29) is 11.8 Å². The van der Waals surface area contributed by atoms with E-state index in [2.05, 4.69) is 21.8 Å². The molecule has 24 heavy (non-hydrogen) atoms. The van der Waals surface area contributed by atoms with Crippen LogP contribution in [0.5, 0.6) is 0 Å². The third kappa shape index (κ3) is 4.45. The summed E-state index contributed by atoms with van der Waals surface area (Å²) < 4.78 is 2.15. The van der Waals surface area contributed by atoms with Crippen LogP contribution in [0.2, 0.25) is 0 Å². The van der Waals surface area contributed by atoms with Crippen molar-refractivity contribution < 1.29 is 4.79 Å². The Labute approximate surface area is 144 Å². The molecule has 2 rings (SSSR count). The van der Waals surface area contributed by atoms with E-state index >= 15 is 0 Å². The number of nitrogens with two attached hydrogens (primary N) is 1. The lowest BCUT2D eigenvalue weighted by atomic mass is 9.99. The molecule has 0 aliphatic heterocycles. The number of nitrogens with zero attached hydrogens (tertiary/aromatic N) is 2. The fourth-order valence-corrected chi connectivity index (χ4v) is 2.55. The molecule has 130 valence electrons. The molecule has 0 fully saturated rings. The minimum atomic E-state index is -0.495. The van der Waals surface area contributed by atoms with Gasteiger partial charge < -0.3 is 15.6 Å². The Hall–Kier alpha value is -2.14. The fraction of sp³-hybridized carbons (Fsp3) is 0.474. The van der Waals surface area contributed by atoms with Crippen LogP contribution in [-0.4, -0.2) is 21.5 Å². The van der Waals surface area contributed by atoms with E-state index in [1.165, 1.54) is 0 Å². The van der Waals surface area contributed by atoms with Gasteiger partial charge >= 0.3 is 0 Å². The molecule has 0 aliphatic carbocycles. The molecule has 3 N–H and O–H groups in total. The number of carbonyl (C=O) groups excluding carboxylic acids is 1. The Balaban J connectivity index is 2.15. The summed E-state index contributed by atoms with van der Waals surface area (Å²) in [7, 11) is 0. The third-order valence-corrected chi connectivity index (χ3v) is 4.42. The SMILES string of the molecule is CCCCn1ccnc1-c1cccc(NC(=O)C(N)C(C)CC)c1. The molecular weight excluding hydrogens is 300 g/mol. The van der Waals surface area contributed by atoms with Crippen molar-refractivity contribution in [1.29, 1.82) is 0 Å². The lowest BCUT2D eigenvalue weighted by molar-refractivity contribution is -0.118. The van der Waals surface area contributed by atoms with Crippen LogP contribution in [0.1, 0.15) is 40.0 Å². The van der Waals surface area contributed by atoms with Gasteiger partial charge in [-0.1, -0.05) is 45.7 Å². The van der Waals surface area contributed by atoms with Gasteiger partial charge in [-0.2, -0.15) is 0 Å². The monoisotopic (exact) mass is 328 g/mol. The largest absolute Gasteiger partial charge is 0.331 e. The summed E-state index contributed by atoms with van der Waals surface area (Å²) in [5.74, 6) is 0.933. The van der Waals surface area contributed by atoms with Gasteiger partial charge in [0.1, 0.15) is 5.82 Å². The van der Waals surface area contributed by atoms with Crippen molar-refractivity contribution in [1.82, 2.24) is 9.55 Å². The van der Waals surface area contributed by atoms with Crippen molar-refractivity contribution >= 4 is 11.6 Å². The Kier molecular flexibility index (Phi) is 6.55. The van der Waals surface area contributed by atoms with Crippen molar-refractivity contribution in [3.05, 3.63) is 36.7 Å². The minimum Gasteiger partial charge on any atom is -0.331 e. The van der Waals surface area contributed by atoms with Crippen LogP contribution < -0.4 is 11.1 Å². The summed E-state index contributed by atoms with van der Waals surface area (Å²) in [5, 5.41) is 2.92. The topological polar surface area (TPSA) is 72.9 Å². The van der Waals surface area contributed by atoms with Gasteiger partial charge in [-0.25, -0.2) is 4.98 Å². The van der Waals surface area contributed by atoms with Crippen molar-refractivity contribution in [2.75, 3.05) is 5.32 Å². The molecule has 2 unspecified atom stereocenters. The van der Waals surface area contributed by atoms with E-state index in [0.29, 0.717) is 0 Å². The van der Waals surface area contributed by atoms with E-state index in [4.69, 9.17) is 5.73 Å². The first-order chi connectivity index (χ1) is 11.6. The first kappa shape index (κ1) is 18.2. The highest BCUT2D eigenvalue weighted by Crippen LogP contribution is 2.22. The average molecular weight is 328 g/mol. The summed E-state index contributed by atoms with van der Waals surface area (Å²) in [5.41, 5.74) is 7.75. The lowest BCUT2D eigenvalue weighted by Gasteiger charge is -2.18. The number of unbranched alkanes of at least 4 members (excludes halogenated alkanes) is 1. The minimum absolute atomic E-state index is 0.143. The highest BCUT2D eigenvalue weighted by molar-refractivity contribution is 5.95. The van der Waals surface area contributed by atoms with Gasteiger partial charge in [-0.15, -0.1) is 0 Å². The predicted octanol–water partition coefficient (Wildman–Crippen LogP) is 3.66. The summed E-state index contributed by atoms with van der Waals surface area (Å²) in [4.78, 5) is 16.7. The van der Waals surface area contributed by atoms with Crippen LogP contribution in [0, 0.1) is 5.92 Å². The van der Waals surface area contributed by atoms with Gasteiger partial charge in [0.05, 0.1) is 6.04 Å². The third-order valence-electron chi connectivity index (χ3n) is 4.42. The number of imidazole rings is 1. The number of aromatic nitrogens is 2. The molecule has 1 heterocycles. The number of aryl methyl sites for hydroxylation is 1. The molecule has 1 aromatic heterocycles. The Morgan fingerprint density at radius 1 is 1.38 bits per heavy atom. The molecule has 0 saturated carbocycles. The van der Waals surface area contributed by atoms with Gasteiger partial charge in [0.25, 0.3) is 0 Å². The van der Waals surface area contributed by atoms with E-state index < -0.39 is 6.04 Å². The number of carbonyl (C=O) groups is 1. The molecule has 5 heteroatoms. The number of benzene rings is 1. The van der Waals surface area contributed by atoms with Crippen LogP contribution in [0.4, 0.5) is 5.69 Å². The molecular formula is C19H28N4O. The van der Waals surface area contributed by atoms with Gasteiger partial charge in [0.2, 0.25) is 5.91 Å². The molecule has 0 saturated heterocycles. The van der Waals surface area contributed by atoms with Crippen LogP contribution in [0.3, 0.4) is 0 Å². The highest BCUT2D eigenvalue weighted by atomic mass is 16.2. The van der Waals surface area contributed by atoms with Crippen LogP contribution >= 0.6 is 0 Å². The average Bonchev–Trinajstić information content (AvgIpc) is 3.07. The van der Waals surface area contributed by atoms with Crippen molar-refractivity contribution in [3.8, 4) is 11.4 Å². The summed E-state index contributed by atoms with van der Waals surface area (Å²) in [6.07, 6.45) is 6.94. The standard InChI is InChI=1S/C19H28N4O/c1-4-6-11-23-12-10-21-18(23)15-8-7-9-16(13-15)22-19(24)17(20)14(3)5-2/h7-10,12-14,17H,4-6,11,20H2,1-3H3,(H,22,24). The summed E-state index contributed by atoms with van der Waals surface area (Å²) in [6.45, 7) is 7.15. The molecule has 1 amide bonds. The highest BCUT2D eigenvalue weighted by Gasteiger charge is 2.19. The maximum Gasteiger partial charge on any atom is 0.241 e. The zero-order valence-electron chi connectivity index (χ0n) is 14.8. The van der Waals surface area contributed by atoms with Crippen molar-refractivity contribution in [3.63, 3.8) is 0 Å². The number of hydrogen-bond donors (Lipinski definition) is 2. The second-order valence-corrected chi connectivity index (χ2v) is 6.28. The number of nitrogens with one attached hydrogen (secondary N) is 1. The molecule has 2 aromatic rings. The quantitative estimate of drug-likeness (QED) is 0.776.